The Hall–Kier alpha value is -0.340. The smallest absolute Gasteiger partial charge is 0.00144 e. The van der Waals surface area contributed by atoms with Gasteiger partial charge < -0.3 is 10.7 Å². The van der Waals surface area contributed by atoms with E-state index in [1.54, 1.807) is 5.48 Å². The minimum atomic E-state index is 0.347. The van der Waals surface area contributed by atoms with Crippen molar-refractivity contribution in [2.45, 2.75) is 0 Å². The normalized spacial score (nSPS) is 7.40. The molecule has 0 bridgehead atoms. The molecule has 0 rings (SSSR count). The van der Waals surface area contributed by atoms with Crippen molar-refractivity contribution in [2.24, 2.45) is 0 Å². The first-order valence-corrected chi connectivity index (χ1v) is 1.37. The lowest BCUT2D eigenvalue weighted by Crippen LogP contribution is -1.99. The van der Waals surface area contributed by atoms with Crippen LogP contribution in [0.5, 0.6) is 0 Å². The van der Waals surface area contributed by atoms with Crippen molar-refractivity contribution in [3.8, 4) is 0 Å². The van der Waals surface area contributed by atoms with Crippen molar-refractivity contribution >= 4 is 0 Å². The second-order valence-electron chi connectivity index (χ2n) is 0.637. The molecule has 0 aliphatic heterocycles. The van der Waals surface area contributed by atoms with Crippen molar-refractivity contribution < 1.29 is 0 Å². The summed E-state index contributed by atoms with van der Waals surface area (Å²) in [7, 11) is 0. The molecule has 0 unspecified atom stereocenters. The summed E-state index contributed by atoms with van der Waals surface area (Å²) in [4.78, 5) is 0. The molecule has 0 saturated carbocycles. The molecule has 0 fully saturated rings. The molecule has 0 radical (unpaired) electrons. The standard InChI is InChI=1S/C3H6NO/c1-2-3-4-5/h2,4H,1,3H2/q-1. The summed E-state index contributed by atoms with van der Waals surface area (Å²) in [6.07, 6.45) is 1.51. The first-order valence-electron chi connectivity index (χ1n) is 1.37. The van der Waals surface area contributed by atoms with Crippen molar-refractivity contribution in [3.05, 3.63) is 17.9 Å². The summed E-state index contributed by atoms with van der Waals surface area (Å²) in [5.74, 6) is 0. The van der Waals surface area contributed by atoms with Gasteiger partial charge in [-0.05, 0) is 0 Å². The van der Waals surface area contributed by atoms with E-state index in [0.717, 1.165) is 0 Å². The SMILES string of the molecule is C=CCN[O-]. The molecular weight excluding hydrogens is 66.0 g/mol. The Morgan fingerprint density at radius 3 is 2.60 bits per heavy atom. The van der Waals surface area contributed by atoms with Crippen LogP contribution >= 0.6 is 0 Å². The Bertz CT molecular complexity index is 28.1. The topological polar surface area (TPSA) is 35.1 Å². The van der Waals surface area contributed by atoms with Gasteiger partial charge in [-0.2, -0.15) is 0 Å². The van der Waals surface area contributed by atoms with Gasteiger partial charge in [0.15, 0.2) is 0 Å². The van der Waals surface area contributed by atoms with E-state index in [2.05, 4.69) is 6.58 Å². The maximum absolute atomic E-state index is 9.21. The molecule has 0 aromatic rings. The maximum atomic E-state index is 9.21. The van der Waals surface area contributed by atoms with Crippen LogP contribution in [0.4, 0.5) is 0 Å². The predicted molar refractivity (Wildman–Crippen MR) is 21.6 cm³/mol. The molecule has 0 aliphatic carbocycles. The predicted octanol–water partition coefficient (Wildman–Crippen LogP) is 0.260. The summed E-state index contributed by atoms with van der Waals surface area (Å²) < 4.78 is 0. The Labute approximate surface area is 31.1 Å². The van der Waals surface area contributed by atoms with E-state index in [1.165, 1.54) is 6.08 Å². The number of hydrogen-bond donors (Lipinski definition) is 1. The van der Waals surface area contributed by atoms with E-state index in [1.807, 2.05) is 0 Å². The molecule has 0 spiro atoms. The summed E-state index contributed by atoms with van der Waals surface area (Å²) in [5, 5.41) is 9.21. The lowest BCUT2D eigenvalue weighted by Gasteiger charge is -1.97. The molecule has 2 heteroatoms. The molecule has 0 amide bonds. The maximum Gasteiger partial charge on any atom is 0.00144 e. The third-order valence-electron chi connectivity index (χ3n) is 0.228. The highest BCUT2D eigenvalue weighted by atomic mass is 16.5. The summed E-state index contributed by atoms with van der Waals surface area (Å²) in [6, 6.07) is 0. The molecule has 1 N–H and O–H groups in total. The van der Waals surface area contributed by atoms with Gasteiger partial charge in [-0.1, -0.05) is 6.08 Å². The summed E-state index contributed by atoms with van der Waals surface area (Å²) in [5.41, 5.74) is 1.65. The van der Waals surface area contributed by atoms with E-state index in [-0.39, 0.29) is 0 Å². The highest BCUT2D eigenvalue weighted by Crippen LogP contribution is 1.49. The number of nitrogens with one attached hydrogen (secondary N) is 1. The van der Waals surface area contributed by atoms with Crippen LogP contribution in [0.25, 0.3) is 0 Å². The third kappa shape index (κ3) is 3.66. The van der Waals surface area contributed by atoms with Crippen molar-refractivity contribution in [2.75, 3.05) is 6.54 Å². The van der Waals surface area contributed by atoms with Gasteiger partial charge in [0.25, 0.3) is 0 Å². The first-order chi connectivity index (χ1) is 2.41. The van der Waals surface area contributed by atoms with Gasteiger partial charge in [0.2, 0.25) is 0 Å². The zero-order valence-corrected chi connectivity index (χ0v) is 2.90. The largest absolute Gasteiger partial charge is 0.788 e. The molecule has 0 heterocycles. The molecule has 0 aromatic carbocycles. The van der Waals surface area contributed by atoms with Crippen LogP contribution in [-0.2, 0) is 0 Å². The van der Waals surface area contributed by atoms with E-state index in [0.29, 0.717) is 6.54 Å². The fourth-order valence-corrected chi connectivity index (χ4v) is 0.0589. The third-order valence-corrected chi connectivity index (χ3v) is 0.228. The zero-order chi connectivity index (χ0) is 4.12. The van der Waals surface area contributed by atoms with Gasteiger partial charge in [0.1, 0.15) is 0 Å². The second-order valence-corrected chi connectivity index (χ2v) is 0.637. The Morgan fingerprint density at radius 1 is 2.00 bits per heavy atom. The monoisotopic (exact) mass is 72.0 g/mol. The Morgan fingerprint density at radius 2 is 2.60 bits per heavy atom. The molecule has 0 aliphatic rings. The van der Waals surface area contributed by atoms with Crippen LogP contribution in [0, 0.1) is 5.21 Å². The molecule has 0 saturated heterocycles. The van der Waals surface area contributed by atoms with Crippen LogP contribution in [0.1, 0.15) is 0 Å². The van der Waals surface area contributed by atoms with Crippen LogP contribution in [0.3, 0.4) is 0 Å². The number of hydrogen-bond acceptors (Lipinski definition) is 2. The molecule has 0 aromatic heterocycles. The van der Waals surface area contributed by atoms with Crippen molar-refractivity contribution in [1.82, 2.24) is 5.48 Å². The molecule has 5 heavy (non-hydrogen) atoms. The lowest BCUT2D eigenvalue weighted by molar-refractivity contribution is 0.997. The van der Waals surface area contributed by atoms with Crippen molar-refractivity contribution in [3.63, 3.8) is 0 Å². The number of rotatable bonds is 2. The molecular formula is C3H6NO-. The number of hydroxylamine groups is 1. The fraction of sp³-hybridized carbons (Fsp3) is 0.333. The quantitative estimate of drug-likeness (QED) is 0.375. The molecule has 2 nitrogen and oxygen atoms in total. The molecule has 30 valence electrons. The highest BCUT2D eigenvalue weighted by Gasteiger charge is 1.49. The average molecular weight is 72.1 g/mol. The van der Waals surface area contributed by atoms with Crippen molar-refractivity contribution in [1.29, 1.82) is 0 Å². The van der Waals surface area contributed by atoms with Gasteiger partial charge >= 0.3 is 0 Å². The summed E-state index contributed by atoms with van der Waals surface area (Å²) >= 11 is 0. The van der Waals surface area contributed by atoms with Gasteiger partial charge in [0, 0.05) is 6.54 Å². The van der Waals surface area contributed by atoms with Crippen LogP contribution in [0.2, 0.25) is 0 Å². The van der Waals surface area contributed by atoms with Gasteiger partial charge in [0.05, 0.1) is 0 Å². The first kappa shape index (κ1) is 4.66. The van der Waals surface area contributed by atoms with E-state index in [4.69, 9.17) is 0 Å². The zero-order valence-electron chi connectivity index (χ0n) is 2.90. The van der Waals surface area contributed by atoms with Crippen LogP contribution in [0.15, 0.2) is 12.7 Å². The minimum absolute atomic E-state index is 0.347. The van der Waals surface area contributed by atoms with Crippen LogP contribution in [-0.4, -0.2) is 6.54 Å². The van der Waals surface area contributed by atoms with Crippen LogP contribution < -0.4 is 5.48 Å². The van der Waals surface area contributed by atoms with Gasteiger partial charge in [-0.3, -0.25) is 0 Å². The van der Waals surface area contributed by atoms with Gasteiger partial charge in [-0.25, -0.2) is 0 Å². The Kier molecular flexibility index (Phi) is 3.41. The lowest BCUT2D eigenvalue weighted by atomic mass is 10.7. The fourth-order valence-electron chi connectivity index (χ4n) is 0.0589. The summed E-state index contributed by atoms with van der Waals surface area (Å²) in [6.45, 7) is 3.64. The van der Waals surface area contributed by atoms with E-state index in [9.17, 15) is 5.21 Å². The average Bonchev–Trinajstić information content (AvgIpc) is 1.41. The molecule has 0 atom stereocenters. The minimum Gasteiger partial charge on any atom is -0.788 e. The second kappa shape index (κ2) is 3.66. The van der Waals surface area contributed by atoms with E-state index >= 15 is 0 Å². The van der Waals surface area contributed by atoms with E-state index < -0.39 is 0 Å². The highest BCUT2D eigenvalue weighted by molar-refractivity contribution is 4.68. The van der Waals surface area contributed by atoms with Gasteiger partial charge in [-0.15, -0.1) is 6.58 Å². The Balaban J connectivity index is 2.40.